The average Bonchev–Trinajstić information content (AvgIpc) is 2.78. The second-order valence-electron chi connectivity index (χ2n) is 9.12. The average molecular weight is 407 g/mol. The van der Waals surface area contributed by atoms with Crippen molar-refractivity contribution in [3.63, 3.8) is 0 Å². The first-order valence-electron chi connectivity index (χ1n) is 13.0. The third-order valence-corrected chi connectivity index (χ3v) is 6.48. The molecule has 0 N–H and O–H groups in total. The maximum Gasteiger partial charge on any atom is -0.0152 e. The molecule has 30 heavy (non-hydrogen) atoms. The van der Waals surface area contributed by atoms with E-state index in [0.717, 1.165) is 0 Å². The molecule has 0 bridgehead atoms. The van der Waals surface area contributed by atoms with Gasteiger partial charge in [-0.05, 0) is 42.0 Å². The molecule has 0 aliphatic heterocycles. The minimum Gasteiger partial charge on any atom is -0.103 e. The van der Waals surface area contributed by atoms with Gasteiger partial charge in [0.2, 0.25) is 0 Å². The van der Waals surface area contributed by atoms with Crippen LogP contribution in [0.4, 0.5) is 0 Å². The van der Waals surface area contributed by atoms with Crippen molar-refractivity contribution in [2.75, 3.05) is 0 Å². The van der Waals surface area contributed by atoms with Crippen LogP contribution in [0.3, 0.4) is 0 Å². The highest BCUT2D eigenvalue weighted by Crippen LogP contribution is 2.21. The van der Waals surface area contributed by atoms with Crippen LogP contribution >= 0.6 is 0 Å². The van der Waals surface area contributed by atoms with E-state index in [1.807, 2.05) is 6.08 Å². The van der Waals surface area contributed by atoms with Crippen LogP contribution in [0.15, 0.2) is 55.1 Å². The van der Waals surface area contributed by atoms with E-state index in [-0.39, 0.29) is 0 Å². The lowest BCUT2D eigenvalue weighted by atomic mass is 9.99. The number of aryl methyl sites for hydroxylation is 1. The van der Waals surface area contributed by atoms with Crippen molar-refractivity contribution in [2.24, 2.45) is 0 Å². The van der Waals surface area contributed by atoms with Crippen molar-refractivity contribution < 1.29 is 0 Å². The number of rotatable bonds is 19. The van der Waals surface area contributed by atoms with Gasteiger partial charge in [-0.3, -0.25) is 0 Å². The molecule has 0 heteroatoms. The van der Waals surface area contributed by atoms with Crippen LogP contribution in [-0.2, 0) is 6.42 Å². The Kier molecular flexibility index (Phi) is 14.1. The molecule has 2 aromatic carbocycles. The quantitative estimate of drug-likeness (QED) is 0.161. The van der Waals surface area contributed by atoms with Crippen molar-refractivity contribution in [1.82, 2.24) is 0 Å². The summed E-state index contributed by atoms with van der Waals surface area (Å²) in [7, 11) is 0. The molecule has 0 saturated heterocycles. The largest absolute Gasteiger partial charge is 0.103 e. The maximum absolute atomic E-state index is 3.79. The van der Waals surface area contributed by atoms with E-state index in [0.29, 0.717) is 0 Å². The van der Waals surface area contributed by atoms with E-state index in [9.17, 15) is 0 Å². The van der Waals surface area contributed by atoms with Crippen LogP contribution in [-0.4, -0.2) is 0 Å². The molecule has 166 valence electrons. The van der Waals surface area contributed by atoms with Gasteiger partial charge >= 0.3 is 0 Å². The minimum atomic E-state index is 1.20. The molecular weight excluding hydrogens is 360 g/mol. The van der Waals surface area contributed by atoms with E-state index < -0.39 is 0 Å². The van der Waals surface area contributed by atoms with Gasteiger partial charge in [-0.25, -0.2) is 0 Å². The third-order valence-electron chi connectivity index (χ3n) is 6.48. The normalized spacial score (nSPS) is 11.2. The Morgan fingerprint density at radius 3 is 1.53 bits per heavy atom. The third kappa shape index (κ3) is 11.0. The van der Waals surface area contributed by atoms with E-state index in [1.165, 1.54) is 132 Å². The van der Waals surface area contributed by atoms with Crippen LogP contribution in [0.5, 0.6) is 0 Å². The summed E-state index contributed by atoms with van der Waals surface area (Å²) in [6.07, 6.45) is 27.3. The number of unbranched alkanes of at least 4 members (excludes halogenated alkanes) is 16. The van der Waals surface area contributed by atoms with Crippen molar-refractivity contribution in [2.45, 2.75) is 116 Å². The molecule has 0 spiro atoms. The highest BCUT2D eigenvalue weighted by atomic mass is 14.1. The Balaban J connectivity index is 1.33. The molecule has 0 atom stereocenters. The van der Waals surface area contributed by atoms with Crippen molar-refractivity contribution in [3.05, 3.63) is 60.7 Å². The summed E-state index contributed by atoms with van der Waals surface area (Å²) in [5.74, 6) is 0. The fourth-order valence-corrected chi connectivity index (χ4v) is 4.59. The van der Waals surface area contributed by atoms with E-state index in [4.69, 9.17) is 0 Å². The molecule has 0 aliphatic carbocycles. The summed E-state index contributed by atoms with van der Waals surface area (Å²) in [6.45, 7) is 3.79. The molecule has 0 unspecified atom stereocenters. The highest BCUT2D eigenvalue weighted by Gasteiger charge is 2.00. The lowest BCUT2D eigenvalue weighted by Gasteiger charge is -2.07. The lowest BCUT2D eigenvalue weighted by Crippen LogP contribution is -1.88. The van der Waals surface area contributed by atoms with E-state index >= 15 is 0 Å². The van der Waals surface area contributed by atoms with Gasteiger partial charge < -0.3 is 0 Å². The smallest absolute Gasteiger partial charge is 0.0152 e. The Morgan fingerprint density at radius 1 is 0.500 bits per heavy atom. The zero-order valence-electron chi connectivity index (χ0n) is 19.6. The van der Waals surface area contributed by atoms with Gasteiger partial charge in [0.15, 0.2) is 0 Å². The summed E-state index contributed by atoms with van der Waals surface area (Å²) in [5, 5.41) is 2.83. The Morgan fingerprint density at radius 2 is 0.967 bits per heavy atom. The van der Waals surface area contributed by atoms with Gasteiger partial charge in [0, 0.05) is 0 Å². The van der Waals surface area contributed by atoms with Crippen molar-refractivity contribution in [1.29, 1.82) is 0 Å². The SMILES string of the molecule is C=CCCCCCCCCCCCCCCCCCCc1cccc2ccccc12. The number of hydrogen-bond donors (Lipinski definition) is 0. The molecule has 0 amide bonds. The van der Waals surface area contributed by atoms with Crippen LogP contribution in [0, 0.1) is 0 Å². The van der Waals surface area contributed by atoms with E-state index in [2.05, 4.69) is 49.0 Å². The Hall–Kier alpha value is -1.56. The van der Waals surface area contributed by atoms with Crippen LogP contribution in [0.2, 0.25) is 0 Å². The number of benzene rings is 2. The zero-order chi connectivity index (χ0) is 21.1. The fourth-order valence-electron chi connectivity index (χ4n) is 4.59. The summed E-state index contributed by atoms with van der Waals surface area (Å²) in [5.41, 5.74) is 1.53. The van der Waals surface area contributed by atoms with Gasteiger partial charge in [-0.15, -0.1) is 6.58 Å². The molecule has 0 fully saturated rings. The number of allylic oxidation sites excluding steroid dienone is 1. The predicted octanol–water partition coefficient (Wildman–Crippen LogP) is 10.2. The number of hydrogen-bond acceptors (Lipinski definition) is 0. The topological polar surface area (TPSA) is 0 Å². The molecule has 2 aromatic rings. The molecule has 0 heterocycles. The Bertz CT molecular complexity index is 663. The van der Waals surface area contributed by atoms with Gasteiger partial charge in [0.05, 0.1) is 0 Å². The summed E-state index contributed by atoms with van der Waals surface area (Å²) in [6, 6.07) is 15.6. The lowest BCUT2D eigenvalue weighted by molar-refractivity contribution is 0.528. The maximum atomic E-state index is 3.79. The monoisotopic (exact) mass is 406 g/mol. The predicted molar refractivity (Wildman–Crippen MR) is 136 cm³/mol. The molecule has 0 saturated carbocycles. The fraction of sp³-hybridized carbons (Fsp3) is 0.600. The summed E-state index contributed by atoms with van der Waals surface area (Å²) >= 11 is 0. The van der Waals surface area contributed by atoms with Gasteiger partial charge in [-0.2, -0.15) is 0 Å². The first kappa shape index (κ1) is 24.7. The van der Waals surface area contributed by atoms with Crippen molar-refractivity contribution in [3.8, 4) is 0 Å². The molecule has 0 radical (unpaired) electrons. The second kappa shape index (κ2) is 17.2. The first-order valence-corrected chi connectivity index (χ1v) is 13.0. The first-order chi connectivity index (χ1) is 14.9. The molecular formula is C30H46. The zero-order valence-corrected chi connectivity index (χ0v) is 19.6. The molecule has 0 nitrogen and oxygen atoms in total. The molecule has 0 aromatic heterocycles. The van der Waals surface area contributed by atoms with Gasteiger partial charge in [0.1, 0.15) is 0 Å². The molecule has 0 aliphatic rings. The van der Waals surface area contributed by atoms with Gasteiger partial charge in [0.25, 0.3) is 0 Å². The standard InChI is InChI=1S/C30H46/c1-2-3-4-5-6-7-8-9-10-11-12-13-14-15-16-17-18-19-23-28-25-22-26-29-24-20-21-27-30(28)29/h2,20-22,24-27H,1,3-19,23H2. The summed E-state index contributed by atoms with van der Waals surface area (Å²) in [4.78, 5) is 0. The van der Waals surface area contributed by atoms with Crippen molar-refractivity contribution >= 4 is 10.8 Å². The van der Waals surface area contributed by atoms with Crippen LogP contribution in [0.1, 0.15) is 115 Å². The van der Waals surface area contributed by atoms with Gasteiger partial charge in [-0.1, -0.05) is 138 Å². The van der Waals surface area contributed by atoms with E-state index in [1.54, 1.807) is 0 Å². The van der Waals surface area contributed by atoms with Crippen LogP contribution < -0.4 is 0 Å². The van der Waals surface area contributed by atoms with Crippen LogP contribution in [0.25, 0.3) is 10.8 Å². The Labute approximate surface area is 187 Å². The highest BCUT2D eigenvalue weighted by molar-refractivity contribution is 5.85. The number of fused-ring (bicyclic) bond motifs is 1. The molecule has 2 rings (SSSR count). The summed E-state index contributed by atoms with van der Waals surface area (Å²) < 4.78 is 0. The second-order valence-corrected chi connectivity index (χ2v) is 9.12. The minimum absolute atomic E-state index is 1.20.